The lowest BCUT2D eigenvalue weighted by Crippen LogP contribution is -2.38. The number of benzene rings is 2. The second-order valence-electron chi connectivity index (χ2n) is 9.00. The van der Waals surface area contributed by atoms with Crippen molar-refractivity contribution in [2.75, 3.05) is 27.9 Å². The number of aromatic nitrogens is 2. The fourth-order valence-corrected chi connectivity index (χ4v) is 4.93. The molecule has 1 aliphatic heterocycles. The number of cyclic esters (lactones) is 1. The molecule has 8 nitrogen and oxygen atoms in total. The van der Waals surface area contributed by atoms with E-state index in [1.165, 1.54) is 11.3 Å². The van der Waals surface area contributed by atoms with Crippen LogP contribution in [0.4, 0.5) is 33.6 Å². The number of anilines is 5. The number of ether oxygens (including phenoxy) is 1. The minimum absolute atomic E-state index is 0.0454. The molecule has 0 aliphatic carbocycles. The van der Waals surface area contributed by atoms with E-state index < -0.39 is 0 Å². The Morgan fingerprint density at radius 2 is 1.71 bits per heavy atom. The topological polar surface area (TPSA) is 105 Å². The van der Waals surface area contributed by atoms with E-state index in [0.29, 0.717) is 18.4 Å². The third-order valence-corrected chi connectivity index (χ3v) is 7.04. The van der Waals surface area contributed by atoms with Crippen LogP contribution in [0.5, 0.6) is 0 Å². The van der Waals surface area contributed by atoms with Gasteiger partial charge in [0.05, 0.1) is 22.3 Å². The van der Waals surface area contributed by atoms with E-state index in [1.807, 2.05) is 47.8 Å². The number of hydrogen-bond donors (Lipinski definition) is 3. The minimum Gasteiger partial charge on any atom is -0.447 e. The fraction of sp³-hybridized carbons (Fsp3) is 0.269. The summed E-state index contributed by atoms with van der Waals surface area (Å²) in [5, 5.41) is 8.75. The lowest BCUT2D eigenvalue weighted by atomic mass is 10.0. The van der Waals surface area contributed by atoms with Crippen molar-refractivity contribution in [2.45, 2.75) is 32.9 Å². The summed E-state index contributed by atoms with van der Waals surface area (Å²) >= 11 is 1.53. The summed E-state index contributed by atoms with van der Waals surface area (Å²) in [6, 6.07) is 17.7. The van der Waals surface area contributed by atoms with E-state index in [-0.39, 0.29) is 24.1 Å². The van der Waals surface area contributed by atoms with Crippen LogP contribution in [0.3, 0.4) is 0 Å². The number of nitrogen functional groups attached to an aromatic ring is 1. The molecule has 1 amide bonds. The Morgan fingerprint density at radius 3 is 2.40 bits per heavy atom. The van der Waals surface area contributed by atoms with Gasteiger partial charge in [-0.05, 0) is 66.2 Å². The SMILES string of the molecule is CC(C)[C@H]1COC(=O)N1c1nc(N[C@@H](C)c2ccc(Nc3ccc(N)cc3)cc2)nc2ccsc12. The zero-order valence-electron chi connectivity index (χ0n) is 19.9. The van der Waals surface area contributed by atoms with Gasteiger partial charge in [0.15, 0.2) is 5.82 Å². The molecule has 1 aliphatic rings. The number of nitrogens with one attached hydrogen (secondary N) is 2. The van der Waals surface area contributed by atoms with Gasteiger partial charge >= 0.3 is 6.09 Å². The number of fused-ring (bicyclic) bond motifs is 1. The van der Waals surface area contributed by atoms with Gasteiger partial charge in [0.2, 0.25) is 5.95 Å². The van der Waals surface area contributed by atoms with Gasteiger partial charge in [0.1, 0.15) is 6.61 Å². The third kappa shape index (κ3) is 4.72. The second kappa shape index (κ2) is 9.42. The van der Waals surface area contributed by atoms with Crippen molar-refractivity contribution in [3.05, 3.63) is 65.5 Å². The van der Waals surface area contributed by atoms with Crippen molar-refractivity contribution in [2.24, 2.45) is 5.92 Å². The van der Waals surface area contributed by atoms with E-state index in [9.17, 15) is 4.79 Å². The predicted molar refractivity (Wildman–Crippen MR) is 142 cm³/mol. The van der Waals surface area contributed by atoms with Gasteiger partial charge in [0.25, 0.3) is 0 Å². The molecule has 4 aromatic rings. The Bertz CT molecular complexity index is 1340. The van der Waals surface area contributed by atoms with E-state index in [0.717, 1.165) is 32.8 Å². The highest BCUT2D eigenvalue weighted by atomic mass is 32.1. The van der Waals surface area contributed by atoms with Gasteiger partial charge in [0, 0.05) is 17.1 Å². The number of thiophene rings is 1. The summed E-state index contributed by atoms with van der Waals surface area (Å²) in [6.07, 6.45) is -0.361. The first-order chi connectivity index (χ1) is 16.9. The van der Waals surface area contributed by atoms with E-state index in [2.05, 4.69) is 43.5 Å². The summed E-state index contributed by atoms with van der Waals surface area (Å²) in [6.45, 7) is 6.59. The fourth-order valence-electron chi connectivity index (χ4n) is 4.11. The standard InChI is InChI=1S/C26H28N6O2S/c1-15(2)22-14-34-26(33)32(22)24-23-21(12-13-35-23)30-25(31-24)28-16(3)17-4-8-19(9-5-17)29-20-10-6-18(27)7-11-20/h4-13,15-16,22,29H,14,27H2,1-3H3,(H,28,30,31)/t16-,22+/m0/s1. The molecule has 1 saturated heterocycles. The summed E-state index contributed by atoms with van der Waals surface area (Å²) in [7, 11) is 0. The van der Waals surface area contributed by atoms with Crippen LogP contribution in [0.15, 0.2) is 60.0 Å². The summed E-state index contributed by atoms with van der Waals surface area (Å²) in [5.41, 5.74) is 10.3. The molecule has 35 heavy (non-hydrogen) atoms. The van der Waals surface area contributed by atoms with Crippen molar-refractivity contribution in [3.63, 3.8) is 0 Å². The third-order valence-electron chi connectivity index (χ3n) is 6.14. The van der Waals surface area contributed by atoms with Crippen molar-refractivity contribution < 1.29 is 9.53 Å². The van der Waals surface area contributed by atoms with Crippen molar-refractivity contribution in [1.29, 1.82) is 0 Å². The Morgan fingerprint density at radius 1 is 1.03 bits per heavy atom. The Balaban J connectivity index is 1.36. The quantitative estimate of drug-likeness (QED) is 0.267. The zero-order chi connectivity index (χ0) is 24.5. The molecule has 4 N–H and O–H groups in total. The molecular weight excluding hydrogens is 460 g/mol. The molecular formula is C26H28N6O2S. The molecule has 1 fully saturated rings. The molecule has 0 radical (unpaired) electrons. The van der Waals surface area contributed by atoms with Crippen LogP contribution >= 0.6 is 11.3 Å². The van der Waals surface area contributed by atoms with Crippen LogP contribution in [0.25, 0.3) is 10.2 Å². The number of hydrogen-bond acceptors (Lipinski definition) is 8. The number of amides is 1. The number of nitrogens with zero attached hydrogens (tertiary/aromatic N) is 3. The van der Waals surface area contributed by atoms with Crippen molar-refractivity contribution in [3.8, 4) is 0 Å². The normalized spacial score (nSPS) is 16.5. The van der Waals surface area contributed by atoms with Gasteiger partial charge in [-0.1, -0.05) is 26.0 Å². The highest BCUT2D eigenvalue weighted by Gasteiger charge is 2.38. The average Bonchev–Trinajstić information content (AvgIpc) is 3.47. The van der Waals surface area contributed by atoms with Gasteiger partial charge in [-0.15, -0.1) is 11.3 Å². The van der Waals surface area contributed by atoms with Crippen molar-refractivity contribution in [1.82, 2.24) is 9.97 Å². The number of carbonyl (C=O) groups excluding carboxylic acids is 1. The Hall–Kier alpha value is -3.85. The largest absolute Gasteiger partial charge is 0.447 e. The smallest absolute Gasteiger partial charge is 0.415 e. The predicted octanol–water partition coefficient (Wildman–Crippen LogP) is 6.17. The van der Waals surface area contributed by atoms with E-state index >= 15 is 0 Å². The summed E-state index contributed by atoms with van der Waals surface area (Å²) < 4.78 is 6.25. The van der Waals surface area contributed by atoms with Gasteiger partial charge in [-0.25, -0.2) is 9.78 Å². The first-order valence-electron chi connectivity index (χ1n) is 11.6. The van der Waals surface area contributed by atoms with Crippen LogP contribution in [0, 0.1) is 5.92 Å². The summed E-state index contributed by atoms with van der Waals surface area (Å²) in [4.78, 5) is 23.8. The molecule has 0 saturated carbocycles. The average molecular weight is 489 g/mol. The lowest BCUT2D eigenvalue weighted by molar-refractivity contribution is 0.177. The van der Waals surface area contributed by atoms with Gasteiger partial charge in [-0.2, -0.15) is 4.98 Å². The monoisotopic (exact) mass is 488 g/mol. The molecule has 0 unspecified atom stereocenters. The van der Waals surface area contributed by atoms with Crippen LogP contribution in [-0.4, -0.2) is 28.7 Å². The number of nitrogens with two attached hydrogens (primary N) is 1. The maximum atomic E-state index is 12.6. The van der Waals surface area contributed by atoms with Gasteiger partial charge < -0.3 is 21.1 Å². The molecule has 0 spiro atoms. The van der Waals surface area contributed by atoms with Gasteiger partial charge in [-0.3, -0.25) is 4.90 Å². The first-order valence-corrected chi connectivity index (χ1v) is 12.5. The molecule has 3 heterocycles. The maximum absolute atomic E-state index is 12.6. The molecule has 5 rings (SSSR count). The first kappa shape index (κ1) is 22.9. The minimum atomic E-state index is -0.361. The molecule has 0 bridgehead atoms. The molecule has 2 atom stereocenters. The van der Waals surface area contributed by atoms with Crippen LogP contribution < -0.4 is 21.3 Å². The molecule has 2 aromatic heterocycles. The van der Waals surface area contributed by atoms with Crippen molar-refractivity contribution >= 4 is 56.5 Å². The number of carbonyl (C=O) groups is 1. The lowest BCUT2D eigenvalue weighted by Gasteiger charge is -2.24. The molecule has 180 valence electrons. The van der Waals surface area contributed by atoms with E-state index in [4.69, 9.17) is 20.4 Å². The molecule has 2 aromatic carbocycles. The van der Waals surface area contributed by atoms with Crippen LogP contribution in [-0.2, 0) is 4.74 Å². The Kier molecular flexibility index (Phi) is 6.17. The molecule has 9 heteroatoms. The zero-order valence-corrected chi connectivity index (χ0v) is 20.7. The highest BCUT2D eigenvalue weighted by Crippen LogP contribution is 2.35. The number of rotatable bonds is 7. The Labute approximate surface area is 208 Å². The maximum Gasteiger partial charge on any atom is 0.415 e. The van der Waals surface area contributed by atoms with Crippen LogP contribution in [0.1, 0.15) is 32.4 Å². The summed E-state index contributed by atoms with van der Waals surface area (Å²) in [5.74, 6) is 1.32. The van der Waals surface area contributed by atoms with E-state index in [1.54, 1.807) is 4.90 Å². The second-order valence-corrected chi connectivity index (χ2v) is 9.92. The highest BCUT2D eigenvalue weighted by molar-refractivity contribution is 7.17. The van der Waals surface area contributed by atoms with Crippen LogP contribution in [0.2, 0.25) is 0 Å².